The lowest BCUT2D eigenvalue weighted by molar-refractivity contribution is 0.132. The Morgan fingerprint density at radius 2 is 2.06 bits per heavy atom. The zero-order chi connectivity index (χ0) is 12.5. The lowest BCUT2D eigenvalue weighted by Crippen LogP contribution is -2.20. The van der Waals surface area contributed by atoms with Crippen LogP contribution < -0.4 is 0 Å². The molecule has 1 aliphatic heterocycles. The van der Waals surface area contributed by atoms with Crippen molar-refractivity contribution in [1.29, 1.82) is 5.26 Å². The van der Waals surface area contributed by atoms with Gasteiger partial charge in [-0.3, -0.25) is 0 Å². The van der Waals surface area contributed by atoms with Crippen LogP contribution in [0.3, 0.4) is 0 Å². The summed E-state index contributed by atoms with van der Waals surface area (Å²) in [5.41, 5.74) is 2.69. The summed E-state index contributed by atoms with van der Waals surface area (Å²) >= 11 is 0. The van der Waals surface area contributed by atoms with Gasteiger partial charge >= 0.3 is 0 Å². The smallest absolute Gasteiger partial charge is 0.0991 e. The van der Waals surface area contributed by atoms with Gasteiger partial charge in [-0.2, -0.15) is 5.26 Å². The number of fused-ring (bicyclic) bond motifs is 1. The van der Waals surface area contributed by atoms with Crippen molar-refractivity contribution < 1.29 is 5.11 Å². The van der Waals surface area contributed by atoms with E-state index in [1.54, 1.807) is 12.5 Å². The van der Waals surface area contributed by atoms with Crippen LogP contribution in [0.4, 0.5) is 0 Å². The molecule has 0 amide bonds. The third-order valence-corrected chi connectivity index (χ3v) is 3.51. The highest BCUT2D eigenvalue weighted by Gasteiger charge is 2.26. The molecule has 90 valence electrons. The predicted octanol–water partition coefficient (Wildman–Crippen LogP) is 2.17. The molecule has 4 nitrogen and oxygen atoms in total. The number of nitriles is 1. The Morgan fingerprint density at radius 1 is 1.28 bits per heavy atom. The molecule has 2 aromatic rings. The quantitative estimate of drug-likeness (QED) is 0.829. The van der Waals surface area contributed by atoms with Crippen LogP contribution in [0.2, 0.25) is 0 Å². The zero-order valence-electron chi connectivity index (χ0n) is 9.82. The van der Waals surface area contributed by atoms with E-state index >= 15 is 0 Å². The summed E-state index contributed by atoms with van der Waals surface area (Å²) in [6.07, 6.45) is 4.70. The molecular formula is C14H13N3O. The van der Waals surface area contributed by atoms with Crippen molar-refractivity contribution in [3.8, 4) is 6.07 Å². The third kappa shape index (κ3) is 1.69. The van der Waals surface area contributed by atoms with Gasteiger partial charge in [0.1, 0.15) is 0 Å². The first-order valence-electron chi connectivity index (χ1n) is 5.99. The summed E-state index contributed by atoms with van der Waals surface area (Å²) in [5, 5.41) is 18.7. The summed E-state index contributed by atoms with van der Waals surface area (Å²) in [4.78, 5) is 4.11. The fourth-order valence-corrected chi connectivity index (χ4v) is 2.54. The van der Waals surface area contributed by atoms with Crippen molar-refractivity contribution in [2.45, 2.75) is 25.0 Å². The van der Waals surface area contributed by atoms with Gasteiger partial charge in [-0.1, -0.05) is 12.1 Å². The third-order valence-electron chi connectivity index (χ3n) is 3.51. The van der Waals surface area contributed by atoms with Crippen LogP contribution in [0.15, 0.2) is 36.8 Å². The molecule has 0 fully saturated rings. The maximum absolute atomic E-state index is 9.89. The Morgan fingerprint density at radius 3 is 2.78 bits per heavy atom. The van der Waals surface area contributed by atoms with Gasteiger partial charge in [0.2, 0.25) is 0 Å². The molecule has 1 N–H and O–H groups in total. The molecule has 1 aromatic carbocycles. The van der Waals surface area contributed by atoms with E-state index < -0.39 is 6.10 Å². The summed E-state index contributed by atoms with van der Waals surface area (Å²) in [6.45, 7) is 0. The van der Waals surface area contributed by atoms with E-state index in [-0.39, 0.29) is 6.04 Å². The molecule has 0 unspecified atom stereocenters. The maximum atomic E-state index is 9.89. The Labute approximate surface area is 105 Å². The molecule has 1 aromatic heterocycles. The molecule has 0 radical (unpaired) electrons. The number of imidazole rings is 1. The highest BCUT2D eigenvalue weighted by molar-refractivity contribution is 5.33. The van der Waals surface area contributed by atoms with Gasteiger partial charge in [0.05, 0.1) is 42.0 Å². The largest absolute Gasteiger partial charge is 0.387 e. The number of aliphatic hydroxyl groups is 1. The number of benzene rings is 1. The van der Waals surface area contributed by atoms with Gasteiger partial charge in [0.15, 0.2) is 0 Å². The van der Waals surface area contributed by atoms with Gasteiger partial charge in [-0.15, -0.1) is 0 Å². The average Bonchev–Trinajstić information content (AvgIpc) is 2.90. The van der Waals surface area contributed by atoms with Gasteiger partial charge in [0.25, 0.3) is 0 Å². The van der Waals surface area contributed by atoms with Crippen molar-refractivity contribution in [1.82, 2.24) is 9.55 Å². The van der Waals surface area contributed by atoms with E-state index in [4.69, 9.17) is 5.26 Å². The number of aromatic nitrogens is 2. The average molecular weight is 239 g/mol. The highest BCUT2D eigenvalue weighted by atomic mass is 16.3. The van der Waals surface area contributed by atoms with Crippen LogP contribution in [0.1, 0.15) is 41.8 Å². The summed E-state index contributed by atoms with van der Waals surface area (Å²) in [5.74, 6) is 0. The van der Waals surface area contributed by atoms with Gasteiger partial charge in [-0.05, 0) is 30.5 Å². The first-order chi connectivity index (χ1) is 8.79. The number of hydrogen-bond acceptors (Lipinski definition) is 3. The van der Waals surface area contributed by atoms with E-state index in [9.17, 15) is 5.11 Å². The van der Waals surface area contributed by atoms with Crippen LogP contribution in [0, 0.1) is 11.3 Å². The lowest BCUT2D eigenvalue weighted by atomic mass is 9.94. The van der Waals surface area contributed by atoms with Crippen molar-refractivity contribution in [2.75, 3.05) is 0 Å². The normalized spacial score (nSPS) is 22.2. The predicted molar refractivity (Wildman–Crippen MR) is 65.7 cm³/mol. The molecule has 0 saturated carbocycles. The molecule has 2 heterocycles. The molecule has 1 aliphatic rings. The van der Waals surface area contributed by atoms with Crippen molar-refractivity contribution in [3.05, 3.63) is 53.6 Å². The molecule has 2 atom stereocenters. The first-order valence-corrected chi connectivity index (χ1v) is 5.99. The topological polar surface area (TPSA) is 61.8 Å². The van der Waals surface area contributed by atoms with Crippen LogP contribution in [0.5, 0.6) is 0 Å². The second kappa shape index (κ2) is 4.28. The minimum atomic E-state index is -0.415. The van der Waals surface area contributed by atoms with Crippen molar-refractivity contribution in [3.63, 3.8) is 0 Å². The molecule has 3 rings (SSSR count). The Hall–Kier alpha value is -2.12. The van der Waals surface area contributed by atoms with Crippen LogP contribution in [-0.2, 0) is 0 Å². The standard InChI is InChI=1S/C14H13N3O/c15-7-10-1-3-11(4-2-10)12-5-6-14(18)13-8-16-9-17(12)13/h1-4,8-9,12,14,18H,5-6H2/t12-,14+/m1/s1. The van der Waals surface area contributed by atoms with E-state index in [1.165, 1.54) is 0 Å². The van der Waals surface area contributed by atoms with E-state index in [1.807, 2.05) is 28.8 Å². The van der Waals surface area contributed by atoms with Gasteiger partial charge in [0, 0.05) is 0 Å². The fraction of sp³-hybridized carbons (Fsp3) is 0.286. The van der Waals surface area contributed by atoms with Gasteiger partial charge in [-0.25, -0.2) is 4.98 Å². The first kappa shape index (κ1) is 11.0. The number of rotatable bonds is 1. The summed E-state index contributed by atoms with van der Waals surface area (Å²) < 4.78 is 2.02. The highest BCUT2D eigenvalue weighted by Crippen LogP contribution is 2.35. The SMILES string of the molecule is N#Cc1ccc([C@H]2CC[C@H](O)c3cncn32)cc1. The maximum Gasteiger partial charge on any atom is 0.0991 e. The molecule has 0 aliphatic carbocycles. The minimum absolute atomic E-state index is 0.207. The second-order valence-corrected chi connectivity index (χ2v) is 4.57. The van der Waals surface area contributed by atoms with Crippen LogP contribution in [0.25, 0.3) is 0 Å². The Bertz CT molecular complexity index is 594. The Kier molecular flexibility index (Phi) is 2.62. The number of nitrogens with zero attached hydrogens (tertiary/aromatic N) is 3. The second-order valence-electron chi connectivity index (χ2n) is 4.57. The molecule has 0 saturated heterocycles. The van der Waals surface area contributed by atoms with Crippen molar-refractivity contribution in [2.24, 2.45) is 0 Å². The monoisotopic (exact) mass is 239 g/mol. The van der Waals surface area contributed by atoms with Gasteiger partial charge < -0.3 is 9.67 Å². The summed E-state index contributed by atoms with van der Waals surface area (Å²) in [7, 11) is 0. The molecular weight excluding hydrogens is 226 g/mol. The fourth-order valence-electron chi connectivity index (χ4n) is 2.54. The zero-order valence-corrected chi connectivity index (χ0v) is 9.82. The van der Waals surface area contributed by atoms with E-state index in [0.717, 1.165) is 24.1 Å². The van der Waals surface area contributed by atoms with E-state index in [2.05, 4.69) is 11.1 Å². The number of aliphatic hydroxyl groups excluding tert-OH is 1. The van der Waals surface area contributed by atoms with E-state index in [0.29, 0.717) is 5.56 Å². The Balaban J connectivity index is 1.99. The van der Waals surface area contributed by atoms with Crippen LogP contribution >= 0.6 is 0 Å². The molecule has 0 spiro atoms. The van der Waals surface area contributed by atoms with Crippen molar-refractivity contribution >= 4 is 0 Å². The summed E-state index contributed by atoms with van der Waals surface area (Å²) in [6, 6.07) is 9.94. The minimum Gasteiger partial charge on any atom is -0.387 e. The lowest BCUT2D eigenvalue weighted by Gasteiger charge is -2.28. The van der Waals surface area contributed by atoms with Crippen LogP contribution in [-0.4, -0.2) is 14.7 Å². The molecule has 4 heteroatoms. The number of hydrogen-bond donors (Lipinski definition) is 1. The molecule has 18 heavy (non-hydrogen) atoms. The molecule has 0 bridgehead atoms.